The van der Waals surface area contributed by atoms with E-state index in [1.807, 2.05) is 6.07 Å². The van der Waals surface area contributed by atoms with Gasteiger partial charge in [0.1, 0.15) is 29.7 Å². The molecule has 4 aliphatic carbocycles. The summed E-state index contributed by atoms with van der Waals surface area (Å²) in [5.41, 5.74) is 2.23. The number of hydrogen-bond acceptors (Lipinski definition) is 6. The van der Waals surface area contributed by atoms with Crippen LogP contribution in [0.5, 0.6) is 11.5 Å². The average molecular weight is 633 g/mol. The normalized spacial score (nSPS) is 23.2. The Hall–Kier alpha value is -4.08. The molecule has 0 atom stereocenters. The van der Waals surface area contributed by atoms with Crippen LogP contribution < -0.4 is 9.47 Å². The number of carboxylic acids is 1. The maximum Gasteiger partial charge on any atom is 0.335 e. The molecule has 0 amide bonds. The largest absolute Gasteiger partial charge is 0.488 e. The molecule has 4 bridgehead atoms. The van der Waals surface area contributed by atoms with Crippen molar-refractivity contribution < 1.29 is 42.4 Å². The van der Waals surface area contributed by atoms with E-state index in [2.05, 4.69) is 0 Å². The molecule has 0 spiro atoms. The molecule has 0 heterocycles. The summed E-state index contributed by atoms with van der Waals surface area (Å²) in [6, 6.07) is 13.0. The monoisotopic (exact) mass is 632 g/mol. The van der Waals surface area contributed by atoms with Gasteiger partial charge in [-0.05, 0) is 109 Å². The van der Waals surface area contributed by atoms with Crippen LogP contribution in [0.25, 0.3) is 6.08 Å². The highest BCUT2D eigenvalue weighted by Gasteiger charge is 2.52. The van der Waals surface area contributed by atoms with Crippen molar-refractivity contribution in [2.75, 3.05) is 27.1 Å². The Balaban J connectivity index is 1.37. The number of carbonyl (C=O) groups is 2. The second-order valence-electron chi connectivity index (χ2n) is 12.9. The molecule has 4 aliphatic rings. The first-order chi connectivity index (χ1) is 22.2. The first kappa shape index (κ1) is 31.9. The summed E-state index contributed by atoms with van der Waals surface area (Å²) in [7, 11) is 1.60. The average Bonchev–Trinajstić information content (AvgIpc) is 3.01. The number of ketones is 1. The molecule has 0 saturated heterocycles. The molecule has 7 rings (SSSR count). The summed E-state index contributed by atoms with van der Waals surface area (Å²) < 4.78 is 51.0. The second-order valence-corrected chi connectivity index (χ2v) is 12.9. The Morgan fingerprint density at radius 2 is 1.52 bits per heavy atom. The minimum absolute atomic E-state index is 0.0171. The van der Waals surface area contributed by atoms with Crippen LogP contribution in [-0.2, 0) is 21.5 Å². The van der Waals surface area contributed by atoms with Gasteiger partial charge < -0.3 is 24.1 Å². The number of halogens is 2. The van der Waals surface area contributed by atoms with Gasteiger partial charge in [0.15, 0.2) is 12.6 Å². The molecule has 4 saturated carbocycles. The smallest absolute Gasteiger partial charge is 0.335 e. The van der Waals surface area contributed by atoms with Crippen molar-refractivity contribution in [1.82, 2.24) is 0 Å². The number of aromatic carboxylic acids is 1. The van der Waals surface area contributed by atoms with Crippen molar-refractivity contribution >= 4 is 17.8 Å². The van der Waals surface area contributed by atoms with Gasteiger partial charge in [-0.25, -0.2) is 13.6 Å². The maximum absolute atomic E-state index is 14.0. The summed E-state index contributed by atoms with van der Waals surface area (Å²) in [5.74, 6) is -0.0735. The van der Waals surface area contributed by atoms with Gasteiger partial charge in [-0.15, -0.1) is 0 Å². The Bertz CT molecular complexity index is 1560. The number of carbonyl (C=O) groups excluding carboxylic acids is 1. The van der Waals surface area contributed by atoms with E-state index in [0.29, 0.717) is 47.8 Å². The highest BCUT2D eigenvalue weighted by molar-refractivity contribution is 6.09. The first-order valence-electron chi connectivity index (χ1n) is 15.7. The van der Waals surface area contributed by atoms with Crippen LogP contribution in [0, 0.1) is 29.4 Å². The van der Waals surface area contributed by atoms with Crippen LogP contribution in [-0.4, -0.2) is 44.0 Å². The lowest BCUT2D eigenvalue weighted by Crippen LogP contribution is -2.48. The van der Waals surface area contributed by atoms with Gasteiger partial charge in [0.05, 0.1) is 24.3 Å². The zero-order chi connectivity index (χ0) is 32.3. The summed E-state index contributed by atoms with van der Waals surface area (Å²) in [6.45, 7) is 0.585. The fraction of sp³-hybridized carbons (Fsp3) is 0.405. The molecule has 46 heavy (non-hydrogen) atoms. The third-order valence-corrected chi connectivity index (χ3v) is 9.59. The Kier molecular flexibility index (Phi) is 9.52. The van der Waals surface area contributed by atoms with Gasteiger partial charge in [-0.3, -0.25) is 4.79 Å². The maximum atomic E-state index is 14.0. The minimum atomic E-state index is -1.03. The third kappa shape index (κ3) is 7.16. The van der Waals surface area contributed by atoms with Crippen LogP contribution in [0.3, 0.4) is 0 Å². The third-order valence-electron chi connectivity index (χ3n) is 9.59. The number of carboxylic acid groups (broad SMARTS) is 1. The summed E-state index contributed by atoms with van der Waals surface area (Å²) in [5, 5.41) is 9.21. The van der Waals surface area contributed by atoms with E-state index in [1.165, 1.54) is 49.6 Å². The van der Waals surface area contributed by atoms with Crippen molar-refractivity contribution in [2.45, 2.75) is 50.5 Å². The highest BCUT2D eigenvalue weighted by Crippen LogP contribution is 2.62. The zero-order valence-corrected chi connectivity index (χ0v) is 25.8. The minimum Gasteiger partial charge on any atom is -0.488 e. The topological polar surface area (TPSA) is 91.3 Å². The van der Waals surface area contributed by atoms with Crippen LogP contribution in [0.15, 0.2) is 60.7 Å². The fourth-order valence-electron chi connectivity index (χ4n) is 8.01. The molecule has 3 aromatic rings. The Morgan fingerprint density at radius 3 is 2.13 bits per heavy atom. The van der Waals surface area contributed by atoms with Gasteiger partial charge in [0, 0.05) is 24.8 Å². The number of rotatable bonds is 14. The van der Waals surface area contributed by atoms with Crippen LogP contribution >= 0.6 is 0 Å². The van der Waals surface area contributed by atoms with E-state index in [0.717, 1.165) is 30.9 Å². The highest BCUT2D eigenvalue weighted by atomic mass is 19.1. The summed E-state index contributed by atoms with van der Waals surface area (Å²) in [4.78, 5) is 25.1. The Labute approximate surface area is 267 Å². The predicted octanol–water partition coefficient (Wildman–Crippen LogP) is 7.61. The van der Waals surface area contributed by atoms with E-state index in [9.17, 15) is 23.5 Å². The molecule has 0 aliphatic heterocycles. The SMILES string of the molecule is COCCOCOc1cc(OCc2cc(F)cc(F)c2)c(C(=O)/C=C/c2ccc(C(=O)O)cc2)cc1C12CC3CC(CC(C3)C1)C2. The van der Waals surface area contributed by atoms with Gasteiger partial charge >= 0.3 is 5.97 Å². The van der Waals surface area contributed by atoms with Crippen molar-refractivity contribution in [3.8, 4) is 11.5 Å². The number of allylic oxidation sites excluding steroid dienone is 1. The predicted molar refractivity (Wildman–Crippen MR) is 167 cm³/mol. The lowest BCUT2D eigenvalue weighted by Gasteiger charge is -2.57. The van der Waals surface area contributed by atoms with Crippen LogP contribution in [0.1, 0.15) is 75.9 Å². The van der Waals surface area contributed by atoms with Gasteiger partial charge in [-0.1, -0.05) is 18.2 Å². The standard InChI is InChI=1S/C37H38F2O7/c1-43-8-9-44-22-46-35-17-34(45-21-27-13-29(38)15-30(39)14-27)31(33(40)7-4-23-2-5-28(6-3-23)36(41)42)16-32(35)37-18-24-10-25(19-37)12-26(11-24)20-37/h2-7,13-17,24-26H,8-12,18-22H2,1H3,(H,41,42)/b7-4+. The lowest BCUT2D eigenvalue weighted by molar-refractivity contribution is -0.0190. The number of methoxy groups -OCH3 is 1. The fourth-order valence-corrected chi connectivity index (χ4v) is 8.01. The number of ether oxygens (including phenoxy) is 4. The molecule has 0 radical (unpaired) electrons. The van der Waals surface area contributed by atoms with Gasteiger partial charge in [0.25, 0.3) is 0 Å². The second kappa shape index (κ2) is 13.7. The summed E-state index contributed by atoms with van der Waals surface area (Å²) >= 11 is 0. The summed E-state index contributed by atoms with van der Waals surface area (Å²) in [6.07, 6.45) is 9.88. The molecular formula is C37H38F2O7. The first-order valence-corrected chi connectivity index (χ1v) is 15.7. The van der Waals surface area contributed by atoms with Crippen LogP contribution in [0.2, 0.25) is 0 Å². The van der Waals surface area contributed by atoms with Crippen molar-refractivity contribution in [3.63, 3.8) is 0 Å². The van der Waals surface area contributed by atoms with Crippen molar-refractivity contribution in [1.29, 1.82) is 0 Å². The molecule has 7 nitrogen and oxygen atoms in total. The van der Waals surface area contributed by atoms with E-state index in [-0.39, 0.29) is 41.5 Å². The quantitative estimate of drug-likeness (QED) is 0.0847. The molecule has 242 valence electrons. The molecular weight excluding hydrogens is 594 g/mol. The van der Waals surface area contributed by atoms with Gasteiger partial charge in [-0.2, -0.15) is 0 Å². The molecule has 1 N–H and O–H groups in total. The number of benzene rings is 3. The van der Waals surface area contributed by atoms with E-state index in [4.69, 9.17) is 18.9 Å². The molecule has 0 unspecified atom stereocenters. The molecule has 0 aromatic heterocycles. The van der Waals surface area contributed by atoms with Crippen LogP contribution in [0.4, 0.5) is 8.78 Å². The molecule has 3 aromatic carbocycles. The van der Waals surface area contributed by atoms with E-state index >= 15 is 0 Å². The van der Waals surface area contributed by atoms with Gasteiger partial charge in [0.2, 0.25) is 0 Å². The number of hydrogen-bond donors (Lipinski definition) is 1. The lowest BCUT2D eigenvalue weighted by atomic mass is 9.48. The molecule has 4 fully saturated rings. The van der Waals surface area contributed by atoms with Crippen molar-refractivity contribution in [2.24, 2.45) is 17.8 Å². The molecule has 9 heteroatoms. The van der Waals surface area contributed by atoms with Crippen molar-refractivity contribution in [3.05, 3.63) is 100 Å². The Morgan fingerprint density at radius 1 is 0.870 bits per heavy atom. The van der Waals surface area contributed by atoms with E-state index in [1.54, 1.807) is 31.4 Å². The van der Waals surface area contributed by atoms with E-state index < -0.39 is 17.6 Å². The zero-order valence-electron chi connectivity index (χ0n) is 25.8.